The third kappa shape index (κ3) is 2.82. The Morgan fingerprint density at radius 2 is 1.00 bits per heavy atom. The highest BCUT2D eigenvalue weighted by molar-refractivity contribution is 6.91. The molecule has 0 bridgehead atoms. The van der Waals surface area contributed by atoms with E-state index in [0.717, 1.165) is 6.07 Å². The van der Waals surface area contributed by atoms with Crippen LogP contribution in [0.25, 0.3) is 0 Å². The molecule has 0 heterocycles. The zero-order valence-electron chi connectivity index (χ0n) is 11.2. The lowest BCUT2D eigenvalue weighted by atomic mass is 10.3. The first-order valence-electron chi connectivity index (χ1n) is 5.64. The van der Waals surface area contributed by atoms with Crippen molar-refractivity contribution in [3.05, 3.63) is 23.5 Å². The largest absolute Gasteiger partial charge is 0.207 e. The molecule has 1 rings (SSSR count). The lowest BCUT2D eigenvalue weighted by Gasteiger charge is -2.25. The maximum Gasteiger partial charge on any atom is 0.128 e. The number of benzene rings is 1. The minimum absolute atomic E-state index is 0.122. The van der Waals surface area contributed by atoms with Gasteiger partial charge in [0, 0.05) is 16.4 Å². The molecule has 1 aromatic rings. The second-order valence-corrected chi connectivity index (χ2v) is 16.4. The van der Waals surface area contributed by atoms with Gasteiger partial charge >= 0.3 is 0 Å². The van der Waals surface area contributed by atoms with Gasteiger partial charge in [0.05, 0.1) is 16.1 Å². The normalized spacial score (nSPS) is 13.0. The molecule has 0 spiro atoms. The van der Waals surface area contributed by atoms with E-state index in [0.29, 0.717) is 0 Å². The molecule has 5 heteroatoms. The van der Waals surface area contributed by atoms with Crippen LogP contribution >= 0.6 is 0 Å². The predicted octanol–water partition coefficient (Wildman–Crippen LogP) is 3.19. The zero-order chi connectivity index (χ0) is 13.6. The third-order valence-electron chi connectivity index (χ3n) is 2.67. The molecular formula is C12H19F3Si2. The second-order valence-electron chi connectivity index (χ2n) is 6.40. The molecule has 0 saturated heterocycles. The molecule has 0 aliphatic carbocycles. The van der Waals surface area contributed by atoms with Crippen molar-refractivity contribution in [1.82, 2.24) is 0 Å². The molecule has 0 atom stereocenters. The van der Waals surface area contributed by atoms with Crippen LogP contribution in [0.2, 0.25) is 39.3 Å². The van der Waals surface area contributed by atoms with Crippen molar-refractivity contribution in [1.29, 1.82) is 0 Å². The Hall–Kier alpha value is -0.556. The number of rotatable bonds is 2. The molecule has 0 N–H and O–H groups in total. The van der Waals surface area contributed by atoms with Crippen molar-refractivity contribution in [3.63, 3.8) is 0 Å². The molecule has 0 saturated carbocycles. The van der Waals surface area contributed by atoms with Crippen LogP contribution in [-0.4, -0.2) is 16.1 Å². The Labute approximate surface area is 103 Å². The van der Waals surface area contributed by atoms with Gasteiger partial charge in [-0.1, -0.05) is 39.3 Å². The van der Waals surface area contributed by atoms with E-state index in [1.165, 1.54) is 0 Å². The number of hydrogen-bond acceptors (Lipinski definition) is 0. The molecule has 0 aromatic heterocycles. The third-order valence-corrected chi connectivity index (χ3v) is 6.59. The van der Waals surface area contributed by atoms with Crippen LogP contribution in [0.3, 0.4) is 0 Å². The summed E-state index contributed by atoms with van der Waals surface area (Å²) in [6, 6.07) is 0.851. The van der Waals surface area contributed by atoms with Gasteiger partial charge in [0.1, 0.15) is 17.5 Å². The summed E-state index contributed by atoms with van der Waals surface area (Å²) < 4.78 is 41.9. The highest BCUT2D eigenvalue weighted by atomic mass is 28.3. The van der Waals surface area contributed by atoms with Gasteiger partial charge in [-0.2, -0.15) is 0 Å². The van der Waals surface area contributed by atoms with Crippen LogP contribution < -0.4 is 10.4 Å². The van der Waals surface area contributed by atoms with E-state index in [1.54, 1.807) is 0 Å². The minimum Gasteiger partial charge on any atom is -0.207 e. The van der Waals surface area contributed by atoms with Crippen molar-refractivity contribution in [2.45, 2.75) is 39.3 Å². The Bertz CT molecular complexity index is 404. The van der Waals surface area contributed by atoms with Crippen molar-refractivity contribution in [2.24, 2.45) is 0 Å². The Kier molecular flexibility index (Phi) is 3.65. The fraction of sp³-hybridized carbons (Fsp3) is 0.500. The summed E-state index contributed by atoms with van der Waals surface area (Å²) in [6.07, 6.45) is 0. The monoisotopic (exact) mass is 276 g/mol. The zero-order valence-corrected chi connectivity index (χ0v) is 13.2. The van der Waals surface area contributed by atoms with E-state index in [2.05, 4.69) is 0 Å². The van der Waals surface area contributed by atoms with Crippen molar-refractivity contribution in [3.8, 4) is 0 Å². The maximum atomic E-state index is 14.4. The van der Waals surface area contributed by atoms with Crippen LogP contribution in [0.15, 0.2) is 6.07 Å². The summed E-state index contributed by atoms with van der Waals surface area (Å²) in [5, 5.41) is 0.243. The van der Waals surface area contributed by atoms with E-state index in [-0.39, 0.29) is 10.4 Å². The van der Waals surface area contributed by atoms with E-state index in [9.17, 15) is 13.2 Å². The summed E-state index contributed by atoms with van der Waals surface area (Å²) >= 11 is 0. The van der Waals surface area contributed by atoms with Crippen LogP contribution in [0, 0.1) is 17.5 Å². The molecular weight excluding hydrogens is 257 g/mol. The van der Waals surface area contributed by atoms with Crippen LogP contribution in [0.1, 0.15) is 0 Å². The fourth-order valence-corrected chi connectivity index (χ4v) is 5.23. The van der Waals surface area contributed by atoms with Crippen molar-refractivity contribution < 1.29 is 13.2 Å². The number of halogens is 3. The Morgan fingerprint density at radius 1 is 0.706 bits per heavy atom. The average molecular weight is 276 g/mol. The minimum atomic E-state index is -2.15. The van der Waals surface area contributed by atoms with E-state index < -0.39 is 33.6 Å². The van der Waals surface area contributed by atoms with E-state index in [1.807, 2.05) is 39.3 Å². The summed E-state index contributed by atoms with van der Waals surface area (Å²) in [5.41, 5.74) is 0. The first-order chi connectivity index (χ1) is 7.46. The van der Waals surface area contributed by atoms with Crippen molar-refractivity contribution >= 4 is 26.5 Å². The highest BCUT2D eigenvalue weighted by Gasteiger charge is 2.33. The van der Waals surface area contributed by atoms with Gasteiger partial charge < -0.3 is 0 Å². The van der Waals surface area contributed by atoms with E-state index in [4.69, 9.17) is 0 Å². The van der Waals surface area contributed by atoms with Gasteiger partial charge in [0.25, 0.3) is 0 Å². The molecule has 0 amide bonds. The van der Waals surface area contributed by atoms with Gasteiger partial charge in [-0.05, 0) is 0 Å². The van der Waals surface area contributed by atoms with Gasteiger partial charge in [-0.3, -0.25) is 0 Å². The van der Waals surface area contributed by atoms with Crippen LogP contribution in [-0.2, 0) is 0 Å². The second kappa shape index (κ2) is 4.28. The maximum absolute atomic E-state index is 14.4. The van der Waals surface area contributed by atoms with Gasteiger partial charge in [-0.25, -0.2) is 13.2 Å². The van der Waals surface area contributed by atoms with Gasteiger partial charge in [-0.15, -0.1) is 0 Å². The molecule has 17 heavy (non-hydrogen) atoms. The first-order valence-corrected chi connectivity index (χ1v) is 12.6. The standard InChI is InChI=1S/C12H19F3Si2/c1-16(2,3)11-8(13)7-9(14)12(10(11)15)17(4,5)6/h7H,1-6H3. The van der Waals surface area contributed by atoms with Gasteiger partial charge in [0.15, 0.2) is 0 Å². The smallest absolute Gasteiger partial charge is 0.128 e. The Balaban J connectivity index is 3.67. The van der Waals surface area contributed by atoms with Crippen LogP contribution in [0.4, 0.5) is 13.2 Å². The van der Waals surface area contributed by atoms with Crippen molar-refractivity contribution in [2.75, 3.05) is 0 Å². The number of hydrogen-bond donors (Lipinski definition) is 0. The lowest BCUT2D eigenvalue weighted by molar-refractivity contribution is 0.561. The quantitative estimate of drug-likeness (QED) is 0.728. The highest BCUT2D eigenvalue weighted by Crippen LogP contribution is 2.15. The molecule has 0 unspecified atom stereocenters. The summed E-state index contributed by atoms with van der Waals surface area (Å²) in [6.45, 7) is 11.2. The topological polar surface area (TPSA) is 0 Å². The molecule has 0 aliphatic rings. The Morgan fingerprint density at radius 3 is 1.24 bits per heavy atom. The van der Waals surface area contributed by atoms with Crippen LogP contribution in [0.5, 0.6) is 0 Å². The SMILES string of the molecule is C[Si](C)(C)c1c(F)cc(F)c([Si](C)(C)C)c1F. The summed E-state index contributed by atoms with van der Waals surface area (Å²) in [4.78, 5) is 0. The summed E-state index contributed by atoms with van der Waals surface area (Å²) in [5.74, 6) is -2.11. The molecule has 0 radical (unpaired) electrons. The molecule has 0 aliphatic heterocycles. The average Bonchev–Trinajstić information content (AvgIpc) is 1.94. The molecule has 96 valence electrons. The molecule has 1 aromatic carbocycles. The fourth-order valence-electron chi connectivity index (χ4n) is 1.97. The van der Waals surface area contributed by atoms with Gasteiger partial charge in [0.2, 0.25) is 0 Å². The summed E-state index contributed by atoms with van der Waals surface area (Å²) in [7, 11) is -4.30. The first kappa shape index (κ1) is 14.5. The predicted molar refractivity (Wildman–Crippen MR) is 72.3 cm³/mol. The molecule has 0 fully saturated rings. The molecule has 0 nitrogen and oxygen atoms in total. The van der Waals surface area contributed by atoms with E-state index >= 15 is 0 Å². The lowest BCUT2D eigenvalue weighted by Crippen LogP contribution is -2.52.